The molecule has 3 atom stereocenters. The van der Waals surface area contributed by atoms with Crippen molar-refractivity contribution in [1.29, 1.82) is 0 Å². The van der Waals surface area contributed by atoms with E-state index >= 15 is 0 Å². The molecule has 0 fully saturated rings. The third kappa shape index (κ3) is 7.11. The highest BCUT2D eigenvalue weighted by Gasteiger charge is 2.19. The van der Waals surface area contributed by atoms with E-state index < -0.39 is 23.8 Å². The molecule has 0 radical (unpaired) electrons. The highest BCUT2D eigenvalue weighted by atomic mass is 35.5. The highest BCUT2D eigenvalue weighted by molar-refractivity contribution is 5.85. The number of amides is 1. The Morgan fingerprint density at radius 3 is 2.61 bits per heavy atom. The van der Waals surface area contributed by atoms with Crippen LogP contribution in [0.3, 0.4) is 0 Å². The zero-order valence-corrected chi connectivity index (χ0v) is 13.9. The third-order valence-corrected chi connectivity index (χ3v) is 3.41. The lowest BCUT2D eigenvalue weighted by atomic mass is 9.99. The molecule has 23 heavy (non-hydrogen) atoms. The third-order valence-electron chi connectivity index (χ3n) is 3.41. The second-order valence-corrected chi connectivity index (χ2v) is 5.20. The van der Waals surface area contributed by atoms with Gasteiger partial charge in [0.1, 0.15) is 18.5 Å². The molecule has 5 nitrogen and oxygen atoms in total. The molecular formula is C15H23ClF2N2O3. The van der Waals surface area contributed by atoms with Gasteiger partial charge in [-0.2, -0.15) is 0 Å². The monoisotopic (exact) mass is 352 g/mol. The first-order valence-corrected chi connectivity index (χ1v) is 7.14. The number of carbonyl (C=O) groups excluding carboxylic acids is 1. The van der Waals surface area contributed by atoms with Crippen molar-refractivity contribution in [3.63, 3.8) is 0 Å². The van der Waals surface area contributed by atoms with E-state index in [4.69, 9.17) is 10.5 Å². The summed E-state index contributed by atoms with van der Waals surface area (Å²) < 4.78 is 30.8. The molecule has 0 aliphatic rings. The van der Waals surface area contributed by atoms with Crippen molar-refractivity contribution in [2.75, 3.05) is 13.2 Å². The van der Waals surface area contributed by atoms with E-state index in [0.29, 0.717) is 0 Å². The van der Waals surface area contributed by atoms with Gasteiger partial charge in [-0.15, -0.1) is 12.4 Å². The van der Waals surface area contributed by atoms with Crippen molar-refractivity contribution in [1.82, 2.24) is 5.32 Å². The molecular weight excluding hydrogens is 330 g/mol. The normalized spacial score (nSPS) is 14.3. The smallest absolute Gasteiger partial charge is 0.237 e. The van der Waals surface area contributed by atoms with E-state index in [2.05, 4.69) is 5.32 Å². The molecule has 4 N–H and O–H groups in total. The molecule has 1 aromatic rings. The van der Waals surface area contributed by atoms with Crippen molar-refractivity contribution in [2.45, 2.75) is 32.4 Å². The minimum Gasteiger partial charge on any atom is -0.491 e. The molecule has 0 saturated heterocycles. The van der Waals surface area contributed by atoms with Crippen LogP contribution in [0, 0.1) is 17.6 Å². The van der Waals surface area contributed by atoms with E-state index in [1.807, 2.05) is 13.8 Å². The van der Waals surface area contributed by atoms with Gasteiger partial charge in [-0.05, 0) is 18.1 Å². The number of rotatable bonds is 8. The van der Waals surface area contributed by atoms with Gasteiger partial charge < -0.3 is 20.9 Å². The molecule has 0 aliphatic heterocycles. The molecule has 8 heteroatoms. The number of hydrogen-bond acceptors (Lipinski definition) is 4. The maximum absolute atomic E-state index is 13.0. The molecule has 1 amide bonds. The van der Waals surface area contributed by atoms with Crippen LogP contribution in [0.25, 0.3) is 0 Å². The van der Waals surface area contributed by atoms with Gasteiger partial charge in [0.25, 0.3) is 0 Å². The number of halogens is 3. The van der Waals surface area contributed by atoms with E-state index in [0.717, 1.165) is 18.6 Å². The van der Waals surface area contributed by atoms with Crippen LogP contribution < -0.4 is 15.8 Å². The quantitative estimate of drug-likeness (QED) is 0.663. The van der Waals surface area contributed by atoms with Crippen molar-refractivity contribution in [3.05, 3.63) is 29.8 Å². The molecule has 132 valence electrons. The Morgan fingerprint density at radius 1 is 1.39 bits per heavy atom. The summed E-state index contributed by atoms with van der Waals surface area (Å²) in [6.07, 6.45) is -0.211. The first kappa shape index (κ1) is 21.6. The molecule has 3 unspecified atom stereocenters. The first-order valence-electron chi connectivity index (χ1n) is 7.14. The van der Waals surface area contributed by atoms with Crippen molar-refractivity contribution < 1.29 is 23.4 Å². The van der Waals surface area contributed by atoms with Crippen LogP contribution in [0.2, 0.25) is 0 Å². The summed E-state index contributed by atoms with van der Waals surface area (Å²) in [7, 11) is 0. The molecule has 0 bridgehead atoms. The van der Waals surface area contributed by atoms with E-state index in [1.165, 1.54) is 6.07 Å². The number of aliphatic hydroxyl groups excluding tert-OH is 1. The van der Waals surface area contributed by atoms with Crippen molar-refractivity contribution in [3.8, 4) is 5.75 Å². The average Bonchev–Trinajstić information content (AvgIpc) is 2.52. The Hall–Kier alpha value is -1.44. The zero-order chi connectivity index (χ0) is 16.7. The summed E-state index contributed by atoms with van der Waals surface area (Å²) in [4.78, 5) is 11.7. The average molecular weight is 353 g/mol. The molecule has 1 rings (SSSR count). The van der Waals surface area contributed by atoms with Gasteiger partial charge in [-0.25, -0.2) is 8.78 Å². The van der Waals surface area contributed by atoms with Crippen LogP contribution in [0.5, 0.6) is 5.75 Å². The minimum absolute atomic E-state index is 0. The number of hydrogen-bond donors (Lipinski definition) is 3. The van der Waals surface area contributed by atoms with Gasteiger partial charge in [-0.1, -0.05) is 20.3 Å². The van der Waals surface area contributed by atoms with Gasteiger partial charge in [0.2, 0.25) is 5.91 Å². The van der Waals surface area contributed by atoms with Crippen LogP contribution in [0.15, 0.2) is 18.2 Å². The predicted molar refractivity (Wildman–Crippen MR) is 85.5 cm³/mol. The first-order chi connectivity index (χ1) is 10.3. The highest BCUT2D eigenvalue weighted by Crippen LogP contribution is 2.15. The number of nitrogens with two attached hydrogens (primary N) is 1. The van der Waals surface area contributed by atoms with Gasteiger partial charge >= 0.3 is 0 Å². The molecule has 0 aliphatic carbocycles. The summed E-state index contributed by atoms with van der Waals surface area (Å²) in [5.41, 5.74) is 5.75. The van der Waals surface area contributed by atoms with Crippen LogP contribution in [0.1, 0.15) is 20.3 Å². The lowest BCUT2D eigenvalue weighted by Crippen LogP contribution is -2.47. The van der Waals surface area contributed by atoms with Crippen LogP contribution in [0.4, 0.5) is 8.78 Å². The summed E-state index contributed by atoms with van der Waals surface area (Å²) in [5, 5.41) is 12.2. The maximum Gasteiger partial charge on any atom is 0.237 e. The molecule has 1 aromatic carbocycles. The Bertz CT molecular complexity index is 506. The Balaban J connectivity index is 0.00000484. The second-order valence-electron chi connectivity index (χ2n) is 5.20. The fourth-order valence-corrected chi connectivity index (χ4v) is 1.67. The number of ether oxygens (including phenoxy) is 1. The second kappa shape index (κ2) is 10.4. The zero-order valence-electron chi connectivity index (χ0n) is 13.1. The lowest BCUT2D eigenvalue weighted by Gasteiger charge is -2.19. The fraction of sp³-hybridized carbons (Fsp3) is 0.533. The van der Waals surface area contributed by atoms with Crippen LogP contribution >= 0.6 is 12.4 Å². The summed E-state index contributed by atoms with van der Waals surface area (Å²) in [6.45, 7) is 3.60. The van der Waals surface area contributed by atoms with Gasteiger partial charge in [-0.3, -0.25) is 4.79 Å². The Kier molecular flexibility index (Phi) is 9.71. The topological polar surface area (TPSA) is 84.6 Å². The SMILES string of the molecule is CCC(C)C(N)C(=O)NCC(O)COc1ccc(F)c(F)c1.Cl. The number of benzene rings is 1. The van der Waals surface area contributed by atoms with Crippen molar-refractivity contribution in [2.24, 2.45) is 11.7 Å². The number of carbonyl (C=O) groups is 1. The lowest BCUT2D eigenvalue weighted by molar-refractivity contribution is -0.123. The van der Waals surface area contributed by atoms with Gasteiger partial charge in [0, 0.05) is 12.6 Å². The Morgan fingerprint density at radius 2 is 2.04 bits per heavy atom. The fourth-order valence-electron chi connectivity index (χ4n) is 1.67. The van der Waals surface area contributed by atoms with Gasteiger partial charge in [0.05, 0.1) is 6.04 Å². The Labute approximate surface area is 140 Å². The molecule has 0 spiro atoms. The van der Waals surface area contributed by atoms with E-state index in [1.54, 1.807) is 0 Å². The summed E-state index contributed by atoms with van der Waals surface area (Å²) in [5.74, 6) is -2.21. The van der Waals surface area contributed by atoms with E-state index in [-0.39, 0.29) is 43.1 Å². The number of nitrogens with one attached hydrogen (secondary N) is 1. The predicted octanol–water partition coefficient (Wildman–Crippen LogP) is 1.62. The molecule has 0 heterocycles. The number of aliphatic hydroxyl groups is 1. The largest absolute Gasteiger partial charge is 0.491 e. The standard InChI is InChI=1S/C15H22F2N2O3.ClH/c1-3-9(2)14(18)15(21)19-7-10(20)8-22-11-4-5-12(16)13(17)6-11;/h4-6,9-10,14,20H,3,7-8,18H2,1-2H3,(H,19,21);1H. The van der Waals surface area contributed by atoms with E-state index in [9.17, 15) is 18.7 Å². The van der Waals surface area contributed by atoms with Crippen molar-refractivity contribution >= 4 is 18.3 Å². The molecule has 0 aromatic heterocycles. The summed E-state index contributed by atoms with van der Waals surface area (Å²) >= 11 is 0. The summed E-state index contributed by atoms with van der Waals surface area (Å²) in [6, 6.07) is 2.44. The maximum atomic E-state index is 13.0. The van der Waals surface area contributed by atoms with Crippen LogP contribution in [-0.2, 0) is 4.79 Å². The minimum atomic E-state index is -1.03. The van der Waals surface area contributed by atoms with Crippen LogP contribution in [-0.4, -0.2) is 36.3 Å². The molecule has 0 saturated carbocycles. The van der Waals surface area contributed by atoms with Gasteiger partial charge in [0.15, 0.2) is 11.6 Å².